The fourth-order valence-electron chi connectivity index (χ4n) is 4.44. The van der Waals surface area contributed by atoms with Crippen molar-refractivity contribution >= 4 is 33.4 Å². The lowest BCUT2D eigenvalue weighted by Crippen LogP contribution is -2.27. The number of nitrogens with zero attached hydrogens (tertiary/aromatic N) is 3. The van der Waals surface area contributed by atoms with E-state index in [1.54, 1.807) is 30.7 Å². The van der Waals surface area contributed by atoms with Gasteiger partial charge in [-0.15, -0.1) is 0 Å². The van der Waals surface area contributed by atoms with Crippen LogP contribution in [0.25, 0.3) is 55.6 Å². The molecule has 0 unspecified atom stereocenters. The van der Waals surface area contributed by atoms with Gasteiger partial charge in [-0.05, 0) is 35.9 Å². The molecule has 4 heterocycles. The minimum atomic E-state index is -0.523. The van der Waals surface area contributed by atoms with Gasteiger partial charge in [0.05, 0.1) is 35.0 Å². The first-order valence-electron chi connectivity index (χ1n) is 12.3. The third-order valence-electron chi connectivity index (χ3n) is 6.50. The van der Waals surface area contributed by atoms with Gasteiger partial charge in [0.1, 0.15) is 11.5 Å². The summed E-state index contributed by atoms with van der Waals surface area (Å²) >= 11 is 0. The number of aromatic amines is 2. The number of nitrogens with one attached hydrogen (secondary N) is 3. The Bertz CT molecular complexity index is 1830. The topological polar surface area (TPSA) is 99.4 Å². The van der Waals surface area contributed by atoms with Crippen molar-refractivity contribution < 1.29 is 9.18 Å². The lowest BCUT2D eigenvalue weighted by molar-refractivity contribution is -0.123. The highest BCUT2D eigenvalue weighted by atomic mass is 19.1. The summed E-state index contributed by atoms with van der Waals surface area (Å²) in [6, 6.07) is 18.4. The van der Waals surface area contributed by atoms with Crippen molar-refractivity contribution in [2.45, 2.75) is 20.8 Å². The van der Waals surface area contributed by atoms with Crippen LogP contribution in [0.1, 0.15) is 20.8 Å². The molecule has 0 saturated carbocycles. The SMILES string of the molecule is CC(C)(C)C(=O)Nc1cncc(-c2cc3c(-c4cc5c(-c6ccccc6F)cccc5[nH]4)n[nH]c3cn2)c1. The Morgan fingerprint density at radius 3 is 2.53 bits per heavy atom. The molecule has 38 heavy (non-hydrogen) atoms. The predicted molar refractivity (Wildman–Crippen MR) is 148 cm³/mol. The summed E-state index contributed by atoms with van der Waals surface area (Å²) < 4.78 is 14.6. The van der Waals surface area contributed by atoms with E-state index in [9.17, 15) is 9.18 Å². The number of benzene rings is 2. The second-order valence-corrected chi connectivity index (χ2v) is 10.3. The Morgan fingerprint density at radius 2 is 1.71 bits per heavy atom. The van der Waals surface area contributed by atoms with E-state index >= 15 is 0 Å². The van der Waals surface area contributed by atoms with Gasteiger partial charge < -0.3 is 10.3 Å². The number of hydrogen-bond donors (Lipinski definition) is 3. The summed E-state index contributed by atoms with van der Waals surface area (Å²) in [7, 11) is 0. The predicted octanol–water partition coefficient (Wildman–Crippen LogP) is 6.96. The van der Waals surface area contributed by atoms with E-state index in [1.165, 1.54) is 6.07 Å². The van der Waals surface area contributed by atoms with Crippen LogP contribution >= 0.6 is 0 Å². The van der Waals surface area contributed by atoms with Crippen LogP contribution in [0.15, 0.2) is 79.3 Å². The van der Waals surface area contributed by atoms with E-state index in [-0.39, 0.29) is 11.7 Å². The number of carbonyl (C=O) groups excluding carboxylic acids is 1. The molecule has 2 aromatic carbocycles. The van der Waals surface area contributed by atoms with E-state index in [4.69, 9.17) is 0 Å². The molecule has 8 heteroatoms. The molecule has 0 saturated heterocycles. The molecule has 0 fully saturated rings. The maximum atomic E-state index is 14.6. The number of amides is 1. The molecule has 3 N–H and O–H groups in total. The van der Waals surface area contributed by atoms with Gasteiger partial charge in [-0.3, -0.25) is 19.9 Å². The van der Waals surface area contributed by atoms with Crippen LogP contribution in [0, 0.1) is 11.2 Å². The summed E-state index contributed by atoms with van der Waals surface area (Å²) in [5.74, 6) is -0.358. The number of H-pyrrole nitrogens is 2. The molecule has 0 atom stereocenters. The molecule has 0 spiro atoms. The fraction of sp³-hybridized carbons (Fsp3) is 0.133. The quantitative estimate of drug-likeness (QED) is 0.242. The van der Waals surface area contributed by atoms with E-state index in [0.717, 1.165) is 44.3 Å². The largest absolute Gasteiger partial charge is 0.353 e. The van der Waals surface area contributed by atoms with E-state index < -0.39 is 5.41 Å². The van der Waals surface area contributed by atoms with Crippen molar-refractivity contribution in [1.29, 1.82) is 0 Å². The monoisotopic (exact) mass is 504 g/mol. The van der Waals surface area contributed by atoms with Crippen molar-refractivity contribution in [2.24, 2.45) is 5.41 Å². The van der Waals surface area contributed by atoms with Crippen LogP contribution in [0.5, 0.6) is 0 Å². The smallest absolute Gasteiger partial charge is 0.229 e. The zero-order chi connectivity index (χ0) is 26.4. The third-order valence-corrected chi connectivity index (χ3v) is 6.50. The first-order chi connectivity index (χ1) is 18.3. The van der Waals surface area contributed by atoms with Crippen LogP contribution in [0.4, 0.5) is 10.1 Å². The summed E-state index contributed by atoms with van der Waals surface area (Å²) in [5.41, 5.74) is 6.10. The van der Waals surface area contributed by atoms with Crippen LogP contribution in [-0.4, -0.2) is 31.1 Å². The van der Waals surface area contributed by atoms with E-state index in [1.807, 2.05) is 63.2 Å². The summed E-state index contributed by atoms with van der Waals surface area (Å²) in [4.78, 5) is 24.8. The Hall–Kier alpha value is -4.85. The Kier molecular flexibility index (Phi) is 5.52. The molecule has 188 valence electrons. The van der Waals surface area contributed by atoms with Crippen molar-refractivity contribution in [3.8, 4) is 33.8 Å². The zero-order valence-corrected chi connectivity index (χ0v) is 21.1. The number of hydrogen-bond acceptors (Lipinski definition) is 4. The van der Waals surface area contributed by atoms with Gasteiger partial charge in [0, 0.05) is 39.0 Å². The maximum absolute atomic E-state index is 14.6. The minimum Gasteiger partial charge on any atom is -0.353 e. The number of anilines is 1. The molecule has 6 aromatic rings. The van der Waals surface area contributed by atoms with Crippen molar-refractivity contribution in [2.75, 3.05) is 5.32 Å². The molecular weight excluding hydrogens is 479 g/mol. The highest BCUT2D eigenvalue weighted by Gasteiger charge is 2.21. The standard InChI is InChI=1S/C30H25FN6O/c1-30(2,3)29(38)34-18-11-17(14-32-15-18)25-13-22-27(16-33-25)36-37-28(22)26-12-21-19(8-6-10-24(21)35-26)20-7-4-5-9-23(20)31/h4-16,35H,1-3H3,(H,34,38)(H,36,37). The molecule has 7 nitrogen and oxygen atoms in total. The second-order valence-electron chi connectivity index (χ2n) is 10.3. The average Bonchev–Trinajstić information content (AvgIpc) is 3.52. The van der Waals surface area contributed by atoms with Gasteiger partial charge in [-0.25, -0.2) is 4.39 Å². The highest BCUT2D eigenvalue weighted by Crippen LogP contribution is 2.35. The minimum absolute atomic E-state index is 0.0921. The number of aromatic nitrogens is 5. The van der Waals surface area contributed by atoms with Crippen LogP contribution in [0.2, 0.25) is 0 Å². The molecule has 6 rings (SSSR count). The number of pyridine rings is 2. The fourth-order valence-corrected chi connectivity index (χ4v) is 4.44. The van der Waals surface area contributed by atoms with Gasteiger partial charge in [0.2, 0.25) is 5.91 Å². The number of fused-ring (bicyclic) bond motifs is 2. The number of carbonyl (C=O) groups is 1. The second kappa shape index (κ2) is 8.92. The zero-order valence-electron chi connectivity index (χ0n) is 21.1. The highest BCUT2D eigenvalue weighted by molar-refractivity contribution is 6.01. The lowest BCUT2D eigenvalue weighted by atomic mass is 9.95. The van der Waals surface area contributed by atoms with Gasteiger partial charge in [0.25, 0.3) is 0 Å². The van der Waals surface area contributed by atoms with Crippen LogP contribution in [-0.2, 0) is 4.79 Å². The van der Waals surface area contributed by atoms with Crippen LogP contribution < -0.4 is 5.32 Å². The number of halogens is 1. The average molecular weight is 505 g/mol. The Morgan fingerprint density at radius 1 is 0.895 bits per heavy atom. The summed E-state index contributed by atoms with van der Waals surface area (Å²) in [5, 5.41) is 12.3. The van der Waals surface area contributed by atoms with E-state index in [0.29, 0.717) is 16.9 Å². The van der Waals surface area contributed by atoms with Gasteiger partial charge in [0.15, 0.2) is 0 Å². The van der Waals surface area contributed by atoms with Gasteiger partial charge in [-0.2, -0.15) is 5.10 Å². The molecule has 0 aliphatic rings. The molecule has 0 aliphatic heterocycles. The summed E-state index contributed by atoms with van der Waals surface area (Å²) in [6.45, 7) is 5.58. The van der Waals surface area contributed by atoms with Gasteiger partial charge >= 0.3 is 0 Å². The van der Waals surface area contributed by atoms with Crippen LogP contribution in [0.3, 0.4) is 0 Å². The molecule has 0 bridgehead atoms. The molecule has 0 aliphatic carbocycles. The van der Waals surface area contributed by atoms with Crippen molar-refractivity contribution in [3.05, 3.63) is 85.1 Å². The maximum Gasteiger partial charge on any atom is 0.229 e. The molecule has 4 aromatic heterocycles. The normalized spacial score (nSPS) is 11.8. The summed E-state index contributed by atoms with van der Waals surface area (Å²) in [6.07, 6.45) is 5.06. The molecule has 1 amide bonds. The third kappa shape index (κ3) is 4.20. The van der Waals surface area contributed by atoms with Gasteiger partial charge in [-0.1, -0.05) is 51.1 Å². The van der Waals surface area contributed by atoms with Crippen molar-refractivity contribution in [1.82, 2.24) is 25.1 Å². The molecule has 0 radical (unpaired) electrons. The first kappa shape index (κ1) is 23.5. The lowest BCUT2D eigenvalue weighted by Gasteiger charge is -2.17. The Labute approximate surface area is 218 Å². The molecular formula is C30H25FN6O. The Balaban J connectivity index is 1.41. The van der Waals surface area contributed by atoms with Crippen molar-refractivity contribution in [3.63, 3.8) is 0 Å². The number of rotatable bonds is 4. The first-order valence-corrected chi connectivity index (χ1v) is 12.3. The van der Waals surface area contributed by atoms with E-state index in [2.05, 4.69) is 30.5 Å².